The second-order valence-corrected chi connectivity index (χ2v) is 8.01. The third-order valence-electron chi connectivity index (χ3n) is 4.05. The molecule has 142 valence electrons. The Hall–Kier alpha value is -2.81. The van der Waals surface area contributed by atoms with Crippen molar-refractivity contribution in [2.75, 3.05) is 6.26 Å². The summed E-state index contributed by atoms with van der Waals surface area (Å²) in [5.74, 6) is -0.914. The molecule has 0 radical (unpaired) electrons. The fourth-order valence-corrected chi connectivity index (χ4v) is 3.32. The van der Waals surface area contributed by atoms with E-state index in [1.165, 1.54) is 24.3 Å². The van der Waals surface area contributed by atoms with Crippen LogP contribution in [0.25, 0.3) is 11.0 Å². The number of hydrogen-bond acceptors (Lipinski definition) is 5. The van der Waals surface area contributed by atoms with E-state index in [4.69, 9.17) is 4.74 Å². The summed E-state index contributed by atoms with van der Waals surface area (Å²) in [7, 11) is -3.50. The smallest absolute Gasteiger partial charge is 0.338 e. The molecule has 0 fully saturated rings. The number of fused-ring (bicyclic) bond motifs is 1. The van der Waals surface area contributed by atoms with Crippen molar-refractivity contribution in [3.05, 3.63) is 59.4 Å². The predicted molar refractivity (Wildman–Crippen MR) is 94.4 cm³/mol. The first-order chi connectivity index (χ1) is 12.7. The molecular formula is C18H16F2N2O4S. The van der Waals surface area contributed by atoms with E-state index < -0.39 is 29.0 Å². The summed E-state index contributed by atoms with van der Waals surface area (Å²) < 4.78 is 56.0. The van der Waals surface area contributed by atoms with Gasteiger partial charge in [0.15, 0.2) is 15.7 Å². The van der Waals surface area contributed by atoms with Crippen molar-refractivity contribution < 1.29 is 26.7 Å². The Morgan fingerprint density at radius 2 is 1.93 bits per heavy atom. The number of hydrogen-bond donors (Lipinski definition) is 0. The van der Waals surface area contributed by atoms with Crippen LogP contribution in [0.15, 0.2) is 47.4 Å². The number of esters is 1. The average Bonchev–Trinajstić information content (AvgIpc) is 2.97. The fraction of sp³-hybridized carbons (Fsp3) is 0.222. The molecule has 0 saturated heterocycles. The van der Waals surface area contributed by atoms with Gasteiger partial charge in [0, 0.05) is 6.26 Å². The lowest BCUT2D eigenvalue weighted by molar-refractivity contribution is 0.0386. The summed E-state index contributed by atoms with van der Waals surface area (Å²) in [4.78, 5) is 16.4. The van der Waals surface area contributed by atoms with Gasteiger partial charge in [-0.3, -0.25) is 4.57 Å². The Kier molecular flexibility index (Phi) is 4.97. The lowest BCUT2D eigenvalue weighted by Crippen LogP contribution is -2.12. The van der Waals surface area contributed by atoms with Gasteiger partial charge in [-0.05, 0) is 36.8 Å². The summed E-state index contributed by atoms with van der Waals surface area (Å²) in [6.45, 7) is -1.70. The van der Waals surface area contributed by atoms with Crippen molar-refractivity contribution in [2.45, 2.75) is 25.0 Å². The second-order valence-electron chi connectivity index (χ2n) is 5.99. The molecular weight excluding hydrogens is 378 g/mol. The number of rotatable bonds is 5. The molecule has 2 aromatic carbocycles. The van der Waals surface area contributed by atoms with Crippen LogP contribution in [-0.2, 0) is 21.2 Å². The predicted octanol–water partition coefficient (Wildman–Crippen LogP) is 3.50. The number of aromatic nitrogens is 2. The minimum absolute atomic E-state index is 0.0279. The molecule has 3 rings (SSSR count). The van der Waals surface area contributed by atoms with Crippen LogP contribution in [0, 0.1) is 6.92 Å². The molecule has 0 unspecified atom stereocenters. The van der Waals surface area contributed by atoms with Gasteiger partial charge in [-0.25, -0.2) is 18.2 Å². The minimum Gasteiger partial charge on any atom is -0.454 e. The van der Waals surface area contributed by atoms with Gasteiger partial charge < -0.3 is 4.74 Å². The van der Waals surface area contributed by atoms with Crippen molar-refractivity contribution in [3.63, 3.8) is 0 Å². The van der Waals surface area contributed by atoms with E-state index in [0.717, 1.165) is 6.26 Å². The standard InChI is InChI=1S/C18H16F2N2O4S/c1-11-7-8-12(27(2,24)25)9-13(11)17(23)26-10-16-21-14-5-3-4-6-15(14)22(16)18(19)20/h3-9,18H,10H2,1-2H3. The van der Waals surface area contributed by atoms with Crippen LogP contribution in [0.5, 0.6) is 0 Å². The molecule has 0 aliphatic heterocycles. The van der Waals surface area contributed by atoms with Gasteiger partial charge in [0.2, 0.25) is 0 Å². The lowest BCUT2D eigenvalue weighted by atomic mass is 10.1. The fourth-order valence-electron chi connectivity index (χ4n) is 2.67. The van der Waals surface area contributed by atoms with Crippen LogP contribution in [-0.4, -0.2) is 30.2 Å². The molecule has 0 N–H and O–H groups in total. The monoisotopic (exact) mass is 394 g/mol. The molecule has 1 aromatic heterocycles. The first-order valence-corrected chi connectivity index (χ1v) is 9.79. The molecule has 0 amide bonds. The van der Waals surface area contributed by atoms with E-state index in [1.54, 1.807) is 25.1 Å². The molecule has 0 saturated carbocycles. The van der Waals surface area contributed by atoms with E-state index in [2.05, 4.69) is 4.98 Å². The Morgan fingerprint density at radius 1 is 1.22 bits per heavy atom. The number of carbonyl (C=O) groups excluding carboxylic acids is 1. The number of halogens is 2. The quantitative estimate of drug-likeness (QED) is 0.619. The zero-order valence-electron chi connectivity index (χ0n) is 14.5. The number of aryl methyl sites for hydroxylation is 1. The highest BCUT2D eigenvalue weighted by Gasteiger charge is 2.20. The molecule has 0 bridgehead atoms. The molecule has 3 aromatic rings. The van der Waals surface area contributed by atoms with Crippen LogP contribution < -0.4 is 0 Å². The van der Waals surface area contributed by atoms with Crippen LogP contribution in [0.4, 0.5) is 8.78 Å². The molecule has 0 aliphatic rings. The third kappa shape index (κ3) is 3.82. The number of imidazole rings is 1. The zero-order chi connectivity index (χ0) is 19.8. The highest BCUT2D eigenvalue weighted by molar-refractivity contribution is 7.90. The summed E-state index contributed by atoms with van der Waals surface area (Å²) in [5, 5.41) is 0. The first-order valence-electron chi connectivity index (χ1n) is 7.90. The number of nitrogens with zero attached hydrogens (tertiary/aromatic N) is 2. The highest BCUT2D eigenvalue weighted by atomic mass is 32.2. The highest BCUT2D eigenvalue weighted by Crippen LogP contribution is 2.24. The van der Waals surface area contributed by atoms with Gasteiger partial charge >= 0.3 is 12.5 Å². The number of carbonyl (C=O) groups is 1. The topological polar surface area (TPSA) is 78.3 Å². The second kappa shape index (κ2) is 7.07. The van der Waals surface area contributed by atoms with E-state index in [0.29, 0.717) is 15.6 Å². The van der Waals surface area contributed by atoms with Crippen molar-refractivity contribution in [2.24, 2.45) is 0 Å². The molecule has 0 atom stereocenters. The number of ether oxygens (including phenoxy) is 1. The van der Waals surface area contributed by atoms with Gasteiger partial charge in [-0.2, -0.15) is 8.78 Å². The Bertz CT molecular complexity index is 1120. The normalized spacial score (nSPS) is 11.9. The van der Waals surface area contributed by atoms with Crippen LogP contribution in [0.2, 0.25) is 0 Å². The third-order valence-corrected chi connectivity index (χ3v) is 5.16. The maximum atomic E-state index is 13.4. The molecule has 0 aliphatic carbocycles. The zero-order valence-corrected chi connectivity index (χ0v) is 15.3. The van der Waals surface area contributed by atoms with Crippen molar-refractivity contribution in [3.8, 4) is 0 Å². The van der Waals surface area contributed by atoms with Crippen LogP contribution in [0.1, 0.15) is 28.3 Å². The SMILES string of the molecule is Cc1ccc(S(C)(=O)=O)cc1C(=O)OCc1nc2ccccc2n1C(F)F. The molecule has 6 nitrogen and oxygen atoms in total. The van der Waals surface area contributed by atoms with E-state index in [1.807, 2.05) is 0 Å². The summed E-state index contributed by atoms with van der Waals surface area (Å²) in [6.07, 6.45) is 1.03. The largest absolute Gasteiger partial charge is 0.454 e. The van der Waals surface area contributed by atoms with Crippen molar-refractivity contribution in [1.29, 1.82) is 0 Å². The Balaban J connectivity index is 1.89. The molecule has 0 spiro atoms. The molecule has 9 heteroatoms. The molecule has 1 heterocycles. The average molecular weight is 394 g/mol. The van der Waals surface area contributed by atoms with Crippen LogP contribution in [0.3, 0.4) is 0 Å². The summed E-state index contributed by atoms with van der Waals surface area (Å²) >= 11 is 0. The lowest BCUT2D eigenvalue weighted by Gasteiger charge is -2.10. The van der Waals surface area contributed by atoms with Crippen molar-refractivity contribution in [1.82, 2.24) is 9.55 Å². The van der Waals surface area contributed by atoms with Gasteiger partial charge in [0.1, 0.15) is 6.61 Å². The Labute approximate surface area is 154 Å². The van der Waals surface area contributed by atoms with Gasteiger partial charge in [0.25, 0.3) is 0 Å². The van der Waals surface area contributed by atoms with Gasteiger partial charge in [0.05, 0.1) is 21.5 Å². The van der Waals surface area contributed by atoms with Crippen molar-refractivity contribution >= 4 is 26.8 Å². The van der Waals surface area contributed by atoms with Gasteiger partial charge in [-0.15, -0.1) is 0 Å². The van der Waals surface area contributed by atoms with E-state index >= 15 is 0 Å². The number of benzene rings is 2. The maximum Gasteiger partial charge on any atom is 0.338 e. The Morgan fingerprint density at radius 3 is 2.59 bits per heavy atom. The summed E-state index contributed by atoms with van der Waals surface area (Å²) in [6, 6.07) is 10.4. The minimum atomic E-state index is -3.50. The van der Waals surface area contributed by atoms with Gasteiger partial charge in [-0.1, -0.05) is 18.2 Å². The van der Waals surface area contributed by atoms with E-state index in [-0.39, 0.29) is 21.8 Å². The number of para-hydroxylation sites is 2. The summed E-state index contributed by atoms with van der Waals surface area (Å²) in [5.41, 5.74) is 1.15. The maximum absolute atomic E-state index is 13.4. The van der Waals surface area contributed by atoms with Crippen LogP contribution >= 0.6 is 0 Å². The van der Waals surface area contributed by atoms with E-state index in [9.17, 15) is 22.0 Å². The number of alkyl halides is 2. The molecule has 27 heavy (non-hydrogen) atoms. The first kappa shape index (κ1) is 19.0. The number of sulfone groups is 1.